The smallest absolute Gasteiger partial charge is 0.475 e. The molecule has 1 spiro atoms. The Kier molecular flexibility index (Phi) is 11.5. The van der Waals surface area contributed by atoms with Gasteiger partial charge in [-0.25, -0.2) is 9.59 Å². The van der Waals surface area contributed by atoms with Crippen LogP contribution in [0.15, 0.2) is 54.9 Å². The van der Waals surface area contributed by atoms with E-state index in [9.17, 15) is 31.1 Å². The summed E-state index contributed by atoms with van der Waals surface area (Å²) in [6.45, 7) is 5.25. The van der Waals surface area contributed by atoms with Gasteiger partial charge in [0, 0.05) is 43.9 Å². The lowest BCUT2D eigenvalue weighted by Gasteiger charge is -2.54. The van der Waals surface area contributed by atoms with Crippen LogP contribution in [0.3, 0.4) is 0 Å². The number of rotatable bonds is 5. The van der Waals surface area contributed by atoms with Crippen LogP contribution in [0.4, 0.5) is 26.3 Å². The van der Waals surface area contributed by atoms with Crippen LogP contribution in [-0.2, 0) is 27.3 Å². The number of carboxylic acid groups (broad SMARTS) is 2. The summed E-state index contributed by atoms with van der Waals surface area (Å²) in [5.41, 5.74) is 2.92. The van der Waals surface area contributed by atoms with Crippen LogP contribution in [0, 0.1) is 5.41 Å². The molecule has 2 saturated heterocycles. The highest BCUT2D eigenvalue weighted by Gasteiger charge is 2.46. The van der Waals surface area contributed by atoms with Crippen LogP contribution >= 0.6 is 0 Å². The van der Waals surface area contributed by atoms with E-state index in [0.717, 1.165) is 44.7 Å². The first-order chi connectivity index (χ1) is 18.6. The van der Waals surface area contributed by atoms with Gasteiger partial charge in [-0.2, -0.15) is 26.3 Å². The van der Waals surface area contributed by atoms with Crippen molar-refractivity contribution in [3.05, 3.63) is 66.0 Å². The number of carboxylic acids is 2. The molecule has 2 N–H and O–H groups in total. The van der Waals surface area contributed by atoms with Crippen LogP contribution in [0.5, 0.6) is 0 Å². The molecule has 0 radical (unpaired) electrons. The number of aromatic nitrogens is 1. The minimum Gasteiger partial charge on any atom is -0.475 e. The normalized spacial score (nSPS) is 16.5. The molecule has 8 nitrogen and oxygen atoms in total. The second kappa shape index (κ2) is 14.1. The summed E-state index contributed by atoms with van der Waals surface area (Å²) < 4.78 is 63.5. The molecule has 3 heterocycles. The Bertz CT molecular complexity index is 1070. The molecule has 220 valence electrons. The summed E-state index contributed by atoms with van der Waals surface area (Å²) in [5.74, 6) is -5.22. The fourth-order valence-electron chi connectivity index (χ4n) is 4.24. The molecule has 0 bridgehead atoms. The predicted molar refractivity (Wildman–Crippen MR) is 130 cm³/mol. The Labute approximate surface area is 226 Å². The SMILES string of the molecule is O=C(CCc1cccnc1)N1CC2(CCN(Cc3ccccc3)CC2)C1.O=C(O)C(F)(F)F.O=C(O)C(F)(F)F. The van der Waals surface area contributed by atoms with E-state index < -0.39 is 24.3 Å². The van der Waals surface area contributed by atoms with Crippen molar-refractivity contribution in [1.82, 2.24) is 14.8 Å². The average Bonchev–Trinajstić information content (AvgIpc) is 2.87. The quantitative estimate of drug-likeness (QED) is 0.507. The van der Waals surface area contributed by atoms with Gasteiger partial charge in [0.25, 0.3) is 0 Å². The van der Waals surface area contributed by atoms with E-state index in [1.807, 2.05) is 18.3 Å². The summed E-state index contributed by atoms with van der Waals surface area (Å²) in [7, 11) is 0. The van der Waals surface area contributed by atoms with Crippen LogP contribution in [0.1, 0.15) is 30.4 Å². The van der Waals surface area contributed by atoms with Crippen LogP contribution < -0.4 is 0 Å². The largest absolute Gasteiger partial charge is 0.490 e. The Hall–Kier alpha value is -3.68. The molecule has 2 aromatic rings. The molecule has 1 amide bonds. The Morgan fingerprint density at radius 1 is 0.825 bits per heavy atom. The number of pyridine rings is 1. The first kappa shape index (κ1) is 32.5. The van der Waals surface area contributed by atoms with Crippen LogP contribution in [0.25, 0.3) is 0 Å². The molecular weight excluding hydrogens is 548 g/mol. The number of alkyl halides is 6. The lowest BCUT2D eigenvalue weighted by Crippen LogP contribution is -2.61. The summed E-state index contributed by atoms with van der Waals surface area (Å²) in [6.07, 6.45) is -2.72. The molecule has 0 atom stereocenters. The Morgan fingerprint density at radius 2 is 1.32 bits per heavy atom. The Morgan fingerprint density at radius 3 is 1.77 bits per heavy atom. The number of amides is 1. The summed E-state index contributed by atoms with van der Waals surface area (Å²) in [6, 6.07) is 14.7. The van der Waals surface area contributed by atoms with Crippen molar-refractivity contribution < 1.29 is 50.9 Å². The molecule has 2 aliphatic rings. The molecule has 2 fully saturated rings. The van der Waals surface area contributed by atoms with Crippen molar-refractivity contribution in [3.8, 4) is 0 Å². The van der Waals surface area contributed by atoms with E-state index in [2.05, 4.69) is 45.1 Å². The van der Waals surface area contributed by atoms with E-state index >= 15 is 0 Å². The highest BCUT2D eigenvalue weighted by atomic mass is 19.4. The maximum absolute atomic E-state index is 12.4. The molecule has 1 aromatic heterocycles. The van der Waals surface area contributed by atoms with Crippen molar-refractivity contribution >= 4 is 17.8 Å². The van der Waals surface area contributed by atoms with Crippen LogP contribution in [0.2, 0.25) is 0 Å². The number of carbonyl (C=O) groups is 3. The molecule has 1 aromatic carbocycles. The molecule has 0 saturated carbocycles. The maximum Gasteiger partial charge on any atom is 0.490 e. The maximum atomic E-state index is 12.4. The molecule has 2 aliphatic heterocycles. The first-order valence-electron chi connectivity index (χ1n) is 12.1. The van der Waals surface area contributed by atoms with Crippen LogP contribution in [-0.4, -0.2) is 81.4 Å². The first-order valence-corrected chi connectivity index (χ1v) is 12.1. The summed E-state index contributed by atoms with van der Waals surface area (Å²) >= 11 is 0. The van der Waals surface area contributed by atoms with Crippen molar-refractivity contribution in [3.63, 3.8) is 0 Å². The Balaban J connectivity index is 0.000000333. The van der Waals surface area contributed by atoms with Crippen molar-refractivity contribution in [2.75, 3.05) is 26.2 Å². The third kappa shape index (κ3) is 10.8. The number of piperidine rings is 1. The number of carbonyl (C=O) groups excluding carboxylic acids is 1. The summed E-state index contributed by atoms with van der Waals surface area (Å²) in [5, 5.41) is 14.2. The van der Waals surface area contributed by atoms with Gasteiger partial charge in [0.1, 0.15) is 0 Å². The van der Waals surface area contributed by atoms with Gasteiger partial charge in [-0.05, 0) is 49.5 Å². The van der Waals surface area contributed by atoms with E-state index in [1.165, 1.54) is 18.4 Å². The fraction of sp³-hybridized carbons (Fsp3) is 0.462. The lowest BCUT2D eigenvalue weighted by atomic mass is 9.71. The third-order valence-electron chi connectivity index (χ3n) is 6.41. The minimum atomic E-state index is -5.08. The van der Waals surface area contributed by atoms with E-state index in [-0.39, 0.29) is 0 Å². The van der Waals surface area contributed by atoms with Crippen molar-refractivity contribution in [2.45, 2.75) is 44.6 Å². The monoisotopic (exact) mass is 577 g/mol. The topological polar surface area (TPSA) is 111 Å². The zero-order valence-electron chi connectivity index (χ0n) is 21.3. The highest BCUT2D eigenvalue weighted by Crippen LogP contribution is 2.41. The van der Waals surface area contributed by atoms with Gasteiger partial charge in [0.05, 0.1) is 0 Å². The van der Waals surface area contributed by atoms with Gasteiger partial charge in [0.2, 0.25) is 5.91 Å². The number of hydrogen-bond acceptors (Lipinski definition) is 5. The molecule has 0 aliphatic carbocycles. The third-order valence-corrected chi connectivity index (χ3v) is 6.41. The zero-order chi connectivity index (χ0) is 30.0. The second-order valence-corrected chi connectivity index (χ2v) is 9.48. The van der Waals surface area contributed by atoms with Gasteiger partial charge in [-0.15, -0.1) is 0 Å². The number of likely N-dealkylation sites (tertiary alicyclic amines) is 2. The molecule has 4 rings (SSSR count). The lowest BCUT2D eigenvalue weighted by molar-refractivity contribution is -0.193. The van der Waals surface area contributed by atoms with Gasteiger partial charge in [-0.1, -0.05) is 36.4 Å². The number of halogens is 6. The molecule has 40 heavy (non-hydrogen) atoms. The number of hydrogen-bond donors (Lipinski definition) is 2. The molecule has 14 heteroatoms. The predicted octanol–water partition coefficient (Wildman–Crippen LogP) is 4.41. The zero-order valence-corrected chi connectivity index (χ0v) is 21.3. The van der Waals surface area contributed by atoms with Crippen molar-refractivity contribution in [1.29, 1.82) is 0 Å². The highest BCUT2D eigenvalue weighted by molar-refractivity contribution is 5.77. The number of aryl methyl sites for hydroxylation is 1. The van der Waals surface area contributed by atoms with Gasteiger partial charge in [0.15, 0.2) is 0 Å². The number of benzene rings is 1. The molecular formula is C26H29F6N3O5. The summed E-state index contributed by atoms with van der Waals surface area (Å²) in [4.78, 5) is 38.9. The van der Waals surface area contributed by atoms with Crippen molar-refractivity contribution in [2.24, 2.45) is 5.41 Å². The standard InChI is InChI=1S/C22H27N3O.2C2HF3O2/c26-21(9-8-19-7-4-12-23-15-19)25-17-22(18-25)10-13-24(14-11-22)16-20-5-2-1-3-6-20;2*3-2(4,5)1(6)7/h1-7,12,15H,8-11,13-14,16-18H2;2*(H,6,7). The van der Waals surface area contributed by atoms with Gasteiger partial charge >= 0.3 is 24.3 Å². The van der Waals surface area contributed by atoms with Gasteiger partial charge < -0.3 is 15.1 Å². The average molecular weight is 578 g/mol. The van der Waals surface area contributed by atoms with E-state index in [1.54, 1.807) is 6.20 Å². The fourth-order valence-corrected chi connectivity index (χ4v) is 4.24. The van der Waals surface area contributed by atoms with E-state index in [4.69, 9.17) is 19.8 Å². The number of nitrogens with zero attached hydrogens (tertiary/aromatic N) is 3. The van der Waals surface area contributed by atoms with E-state index in [0.29, 0.717) is 17.7 Å². The molecule has 0 unspecified atom stereocenters. The number of aliphatic carboxylic acids is 2. The second-order valence-electron chi connectivity index (χ2n) is 9.48. The van der Waals surface area contributed by atoms with Gasteiger partial charge in [-0.3, -0.25) is 14.7 Å². The minimum absolute atomic E-state index is 0.297.